The second-order valence-electron chi connectivity index (χ2n) is 5.76. The lowest BCUT2D eigenvalue weighted by atomic mass is 10.1. The van der Waals surface area contributed by atoms with Crippen molar-refractivity contribution in [3.63, 3.8) is 0 Å². The number of carbonyl (C=O) groups is 1. The SMILES string of the molecule is COc1ccc(CCC(=O)NCCc2ccc(S(N)(=O)=O)cc2)cc1F. The summed E-state index contributed by atoms with van der Waals surface area (Å²) in [5.74, 6) is -0.414. The largest absolute Gasteiger partial charge is 0.494 e. The fourth-order valence-corrected chi connectivity index (χ4v) is 2.92. The maximum Gasteiger partial charge on any atom is 0.238 e. The van der Waals surface area contributed by atoms with Crippen LogP contribution in [0.1, 0.15) is 17.5 Å². The number of aryl methyl sites for hydroxylation is 1. The number of methoxy groups -OCH3 is 1. The van der Waals surface area contributed by atoms with Crippen molar-refractivity contribution >= 4 is 15.9 Å². The van der Waals surface area contributed by atoms with Gasteiger partial charge in [0.15, 0.2) is 11.6 Å². The van der Waals surface area contributed by atoms with Gasteiger partial charge in [-0.1, -0.05) is 18.2 Å². The van der Waals surface area contributed by atoms with Gasteiger partial charge in [0.05, 0.1) is 12.0 Å². The molecule has 6 nitrogen and oxygen atoms in total. The Labute approximate surface area is 152 Å². The Morgan fingerprint density at radius 1 is 1.12 bits per heavy atom. The summed E-state index contributed by atoms with van der Waals surface area (Å²) in [6.45, 7) is 0.421. The first kappa shape index (κ1) is 19.9. The molecule has 0 aliphatic rings. The standard InChI is InChI=1S/C18H21FN2O4S/c1-25-17-8-4-14(12-16(17)19)5-9-18(22)21-11-10-13-2-6-15(7-3-13)26(20,23)24/h2-4,6-8,12H,5,9-11H2,1H3,(H,21,22)(H2,20,23,24). The minimum atomic E-state index is -3.70. The van der Waals surface area contributed by atoms with E-state index in [4.69, 9.17) is 9.88 Å². The molecule has 8 heteroatoms. The van der Waals surface area contributed by atoms with E-state index in [0.29, 0.717) is 19.4 Å². The van der Waals surface area contributed by atoms with Crippen molar-refractivity contribution in [3.8, 4) is 5.75 Å². The number of carbonyl (C=O) groups excluding carboxylic acids is 1. The second kappa shape index (κ2) is 8.77. The smallest absolute Gasteiger partial charge is 0.238 e. The predicted octanol–water partition coefficient (Wildman–Crippen LogP) is 1.77. The molecule has 0 radical (unpaired) electrons. The quantitative estimate of drug-likeness (QED) is 0.729. The van der Waals surface area contributed by atoms with Crippen LogP contribution in [0.5, 0.6) is 5.75 Å². The molecule has 140 valence electrons. The zero-order valence-electron chi connectivity index (χ0n) is 14.4. The van der Waals surface area contributed by atoms with Crippen LogP contribution in [-0.4, -0.2) is 28.0 Å². The number of ether oxygens (including phenoxy) is 1. The molecule has 0 spiro atoms. The molecule has 0 aromatic heterocycles. The number of rotatable bonds is 8. The summed E-state index contributed by atoms with van der Waals surface area (Å²) in [6.07, 6.45) is 1.24. The van der Waals surface area contributed by atoms with Gasteiger partial charge in [0, 0.05) is 13.0 Å². The highest BCUT2D eigenvalue weighted by atomic mass is 32.2. The number of sulfonamides is 1. The number of hydrogen-bond acceptors (Lipinski definition) is 4. The van der Waals surface area contributed by atoms with Crippen LogP contribution >= 0.6 is 0 Å². The Morgan fingerprint density at radius 3 is 2.35 bits per heavy atom. The highest BCUT2D eigenvalue weighted by molar-refractivity contribution is 7.89. The molecule has 0 bridgehead atoms. The van der Waals surface area contributed by atoms with Gasteiger partial charge in [0.25, 0.3) is 0 Å². The zero-order chi connectivity index (χ0) is 19.2. The van der Waals surface area contributed by atoms with Crippen molar-refractivity contribution < 1.29 is 22.3 Å². The Morgan fingerprint density at radius 2 is 1.77 bits per heavy atom. The first-order valence-corrected chi connectivity index (χ1v) is 9.55. The van der Waals surface area contributed by atoms with E-state index in [1.165, 1.54) is 31.4 Å². The van der Waals surface area contributed by atoms with E-state index in [1.54, 1.807) is 18.2 Å². The predicted molar refractivity (Wildman–Crippen MR) is 95.8 cm³/mol. The molecule has 0 aliphatic heterocycles. The molecule has 0 fully saturated rings. The average molecular weight is 380 g/mol. The summed E-state index contributed by atoms with van der Waals surface area (Å²) in [7, 11) is -2.30. The van der Waals surface area contributed by atoms with Gasteiger partial charge in [-0.25, -0.2) is 17.9 Å². The summed E-state index contributed by atoms with van der Waals surface area (Å²) < 4.78 is 40.8. The molecule has 0 unspecified atom stereocenters. The van der Waals surface area contributed by atoms with Gasteiger partial charge < -0.3 is 10.1 Å². The van der Waals surface area contributed by atoms with E-state index >= 15 is 0 Å². The van der Waals surface area contributed by atoms with Crippen LogP contribution in [0, 0.1) is 5.82 Å². The molecular weight excluding hydrogens is 359 g/mol. The van der Waals surface area contributed by atoms with Gasteiger partial charge in [-0.15, -0.1) is 0 Å². The average Bonchev–Trinajstić information content (AvgIpc) is 2.60. The summed E-state index contributed by atoms with van der Waals surface area (Å²) in [4.78, 5) is 11.9. The first-order valence-electron chi connectivity index (χ1n) is 8.00. The number of nitrogens with one attached hydrogen (secondary N) is 1. The lowest BCUT2D eigenvalue weighted by molar-refractivity contribution is -0.121. The van der Waals surface area contributed by atoms with E-state index < -0.39 is 15.8 Å². The first-order chi connectivity index (χ1) is 12.3. The number of benzene rings is 2. The van der Waals surface area contributed by atoms with Crippen LogP contribution in [0.4, 0.5) is 4.39 Å². The fraction of sp³-hybridized carbons (Fsp3) is 0.278. The topological polar surface area (TPSA) is 98.5 Å². The third-order valence-electron chi connectivity index (χ3n) is 3.84. The third kappa shape index (κ3) is 5.82. The van der Waals surface area contributed by atoms with E-state index in [9.17, 15) is 17.6 Å². The highest BCUT2D eigenvalue weighted by Gasteiger charge is 2.08. The zero-order valence-corrected chi connectivity index (χ0v) is 15.2. The molecule has 2 rings (SSSR count). The Bertz CT molecular complexity index is 867. The molecule has 0 saturated carbocycles. The summed E-state index contributed by atoms with van der Waals surface area (Å²) in [5, 5.41) is 7.82. The maximum absolute atomic E-state index is 13.6. The minimum Gasteiger partial charge on any atom is -0.494 e. The molecule has 0 saturated heterocycles. The van der Waals surface area contributed by atoms with E-state index in [2.05, 4.69) is 5.32 Å². The molecular formula is C18H21FN2O4S. The lowest BCUT2D eigenvalue weighted by Gasteiger charge is -2.07. The van der Waals surface area contributed by atoms with Crippen LogP contribution in [0.25, 0.3) is 0 Å². The second-order valence-corrected chi connectivity index (χ2v) is 7.32. The molecule has 0 atom stereocenters. The van der Waals surface area contributed by atoms with Gasteiger partial charge in [0.1, 0.15) is 0 Å². The van der Waals surface area contributed by atoms with Gasteiger partial charge in [0.2, 0.25) is 15.9 Å². The number of halogens is 1. The van der Waals surface area contributed by atoms with Gasteiger partial charge >= 0.3 is 0 Å². The van der Waals surface area contributed by atoms with E-state index in [0.717, 1.165) is 11.1 Å². The summed E-state index contributed by atoms with van der Waals surface area (Å²) in [6, 6.07) is 10.8. The molecule has 2 aromatic rings. The van der Waals surface area contributed by atoms with Crippen LogP contribution in [0.15, 0.2) is 47.4 Å². The number of primary sulfonamides is 1. The van der Waals surface area contributed by atoms with Gasteiger partial charge in [-0.05, 0) is 48.2 Å². The Balaban J connectivity index is 1.76. The lowest BCUT2D eigenvalue weighted by Crippen LogP contribution is -2.25. The van der Waals surface area contributed by atoms with E-state index in [1.807, 2.05) is 0 Å². The van der Waals surface area contributed by atoms with Crippen molar-refractivity contribution in [2.24, 2.45) is 5.14 Å². The molecule has 3 N–H and O–H groups in total. The molecule has 1 amide bonds. The Kier molecular flexibility index (Phi) is 6.70. The Hall–Kier alpha value is -2.45. The number of hydrogen-bond donors (Lipinski definition) is 2. The highest BCUT2D eigenvalue weighted by Crippen LogP contribution is 2.18. The number of nitrogens with two attached hydrogens (primary N) is 1. The summed E-state index contributed by atoms with van der Waals surface area (Å²) >= 11 is 0. The number of amides is 1. The minimum absolute atomic E-state index is 0.0528. The molecule has 0 aliphatic carbocycles. The maximum atomic E-state index is 13.6. The van der Waals surface area contributed by atoms with Crippen molar-refractivity contribution in [1.29, 1.82) is 0 Å². The third-order valence-corrected chi connectivity index (χ3v) is 4.77. The van der Waals surface area contributed by atoms with Crippen LogP contribution in [0.3, 0.4) is 0 Å². The molecule has 0 heterocycles. The van der Waals surface area contributed by atoms with Crippen molar-refractivity contribution in [3.05, 3.63) is 59.4 Å². The van der Waals surface area contributed by atoms with Crippen LogP contribution in [0.2, 0.25) is 0 Å². The van der Waals surface area contributed by atoms with Gasteiger partial charge in [-0.3, -0.25) is 4.79 Å². The summed E-state index contributed by atoms with van der Waals surface area (Å²) in [5.41, 5.74) is 1.60. The van der Waals surface area contributed by atoms with Gasteiger partial charge in [-0.2, -0.15) is 0 Å². The van der Waals surface area contributed by atoms with E-state index in [-0.39, 0.29) is 23.0 Å². The van der Waals surface area contributed by atoms with Crippen LogP contribution < -0.4 is 15.2 Å². The normalized spacial score (nSPS) is 11.2. The van der Waals surface area contributed by atoms with Crippen molar-refractivity contribution in [1.82, 2.24) is 5.32 Å². The monoisotopic (exact) mass is 380 g/mol. The molecule has 26 heavy (non-hydrogen) atoms. The fourth-order valence-electron chi connectivity index (χ4n) is 2.40. The van der Waals surface area contributed by atoms with Crippen LogP contribution in [-0.2, 0) is 27.7 Å². The van der Waals surface area contributed by atoms with Crippen molar-refractivity contribution in [2.45, 2.75) is 24.2 Å². The van der Waals surface area contributed by atoms with Crippen molar-refractivity contribution in [2.75, 3.05) is 13.7 Å². The molecule has 2 aromatic carbocycles.